The largest absolute Gasteiger partial charge is 0.481 e. The van der Waals surface area contributed by atoms with Gasteiger partial charge in [-0.25, -0.2) is 4.79 Å². The normalized spacial score (nSPS) is 13.7. The molecular weight excluding hydrogens is 506 g/mol. The highest BCUT2D eigenvalue weighted by molar-refractivity contribution is 5.95. The molecule has 38 heavy (non-hydrogen) atoms. The zero-order chi connectivity index (χ0) is 28.8. The van der Waals surface area contributed by atoms with Crippen LogP contribution in [-0.2, 0) is 40.0 Å². The zero-order valence-electron chi connectivity index (χ0n) is 20.3. The number of rotatable bonds is 17. The average Bonchev–Trinajstić information content (AvgIpc) is 2.83. The lowest BCUT2D eigenvalue weighted by molar-refractivity contribution is -0.144. The highest BCUT2D eigenvalue weighted by Gasteiger charge is 2.31. The standard InChI is InChI=1S/C23H31N5O10/c24-13(11-17(25)29)20(34)28-16(10-12-4-2-1-3-5-12)22(36)26-14(6-8-18(30)31)21(35)27-15(23(37)38)7-9-19(32)33/h1-5,13-16H,6-11,24H2,(H2,25,29)(H,26,36)(H,27,35)(H,28,34)(H,30,31)(H,32,33)(H,37,38). The van der Waals surface area contributed by atoms with E-state index in [0.29, 0.717) is 5.56 Å². The van der Waals surface area contributed by atoms with Gasteiger partial charge in [0, 0.05) is 19.3 Å². The van der Waals surface area contributed by atoms with Gasteiger partial charge in [-0.2, -0.15) is 0 Å². The van der Waals surface area contributed by atoms with Gasteiger partial charge in [-0.05, 0) is 18.4 Å². The van der Waals surface area contributed by atoms with Crippen molar-refractivity contribution in [1.82, 2.24) is 16.0 Å². The Balaban J connectivity index is 3.13. The summed E-state index contributed by atoms with van der Waals surface area (Å²) in [5.41, 5.74) is 11.3. The van der Waals surface area contributed by atoms with Crippen LogP contribution >= 0.6 is 0 Å². The molecule has 0 aliphatic carbocycles. The third kappa shape index (κ3) is 11.9. The summed E-state index contributed by atoms with van der Waals surface area (Å²) >= 11 is 0. The summed E-state index contributed by atoms with van der Waals surface area (Å²) in [6.45, 7) is 0. The summed E-state index contributed by atoms with van der Waals surface area (Å²) in [5.74, 6) is -7.84. The van der Waals surface area contributed by atoms with E-state index in [1.54, 1.807) is 30.3 Å². The Hall–Kier alpha value is -4.53. The van der Waals surface area contributed by atoms with Crippen LogP contribution in [0.4, 0.5) is 0 Å². The molecule has 0 saturated carbocycles. The summed E-state index contributed by atoms with van der Waals surface area (Å²) < 4.78 is 0. The predicted molar refractivity (Wildman–Crippen MR) is 129 cm³/mol. The van der Waals surface area contributed by atoms with Crippen LogP contribution in [0.3, 0.4) is 0 Å². The van der Waals surface area contributed by atoms with Crippen molar-refractivity contribution in [2.45, 2.75) is 62.7 Å². The van der Waals surface area contributed by atoms with Crippen molar-refractivity contribution in [2.24, 2.45) is 11.5 Å². The van der Waals surface area contributed by atoms with E-state index in [9.17, 15) is 38.7 Å². The number of primary amides is 1. The molecule has 15 nitrogen and oxygen atoms in total. The van der Waals surface area contributed by atoms with Gasteiger partial charge in [0.15, 0.2) is 0 Å². The summed E-state index contributed by atoms with van der Waals surface area (Å²) in [6, 6.07) is 2.54. The first kappa shape index (κ1) is 31.5. The number of benzene rings is 1. The van der Waals surface area contributed by atoms with Crippen molar-refractivity contribution in [3.63, 3.8) is 0 Å². The van der Waals surface area contributed by atoms with Crippen LogP contribution in [0.5, 0.6) is 0 Å². The lowest BCUT2D eigenvalue weighted by Gasteiger charge is -2.25. The van der Waals surface area contributed by atoms with Gasteiger partial charge in [0.1, 0.15) is 18.1 Å². The molecule has 0 fully saturated rings. The fourth-order valence-electron chi connectivity index (χ4n) is 3.25. The van der Waals surface area contributed by atoms with Crippen molar-refractivity contribution >= 4 is 41.5 Å². The number of nitrogens with two attached hydrogens (primary N) is 2. The van der Waals surface area contributed by atoms with Crippen LogP contribution in [0.15, 0.2) is 30.3 Å². The van der Waals surface area contributed by atoms with E-state index in [1.165, 1.54) is 0 Å². The molecule has 208 valence electrons. The quantitative estimate of drug-likeness (QED) is 0.105. The number of aliphatic carboxylic acids is 3. The molecule has 0 bridgehead atoms. The van der Waals surface area contributed by atoms with Crippen LogP contribution in [-0.4, -0.2) is 81.0 Å². The number of amides is 4. The fourth-order valence-corrected chi connectivity index (χ4v) is 3.25. The minimum atomic E-state index is -1.62. The average molecular weight is 538 g/mol. The molecule has 0 aliphatic rings. The number of nitrogens with one attached hydrogen (secondary N) is 3. The lowest BCUT2D eigenvalue weighted by Crippen LogP contribution is -2.57. The molecule has 0 saturated heterocycles. The van der Waals surface area contributed by atoms with Gasteiger partial charge in [0.25, 0.3) is 0 Å². The number of carboxylic acids is 3. The number of carbonyl (C=O) groups excluding carboxylic acids is 4. The zero-order valence-corrected chi connectivity index (χ0v) is 20.3. The van der Waals surface area contributed by atoms with E-state index in [4.69, 9.17) is 21.7 Å². The first-order valence-electron chi connectivity index (χ1n) is 11.5. The van der Waals surface area contributed by atoms with E-state index in [-0.39, 0.29) is 6.42 Å². The summed E-state index contributed by atoms with van der Waals surface area (Å²) in [4.78, 5) is 82.9. The highest BCUT2D eigenvalue weighted by Crippen LogP contribution is 2.07. The molecular formula is C23H31N5O10. The van der Waals surface area contributed by atoms with E-state index < -0.39 is 97.8 Å². The van der Waals surface area contributed by atoms with Crippen LogP contribution < -0.4 is 27.4 Å². The molecule has 1 rings (SSSR count). The Morgan fingerprint density at radius 1 is 0.711 bits per heavy atom. The van der Waals surface area contributed by atoms with E-state index >= 15 is 0 Å². The molecule has 1 aromatic rings. The maximum absolute atomic E-state index is 13.1. The second-order valence-corrected chi connectivity index (χ2v) is 8.35. The molecule has 4 unspecified atom stereocenters. The molecule has 15 heteroatoms. The van der Waals surface area contributed by atoms with Crippen molar-refractivity contribution in [3.05, 3.63) is 35.9 Å². The molecule has 0 heterocycles. The van der Waals surface area contributed by atoms with Gasteiger partial charge in [0.2, 0.25) is 23.6 Å². The van der Waals surface area contributed by atoms with Crippen molar-refractivity contribution in [1.29, 1.82) is 0 Å². The van der Waals surface area contributed by atoms with Crippen LogP contribution in [0.2, 0.25) is 0 Å². The first-order valence-corrected chi connectivity index (χ1v) is 11.5. The topological polar surface area (TPSA) is 268 Å². The summed E-state index contributed by atoms with van der Waals surface area (Å²) in [6.07, 6.45) is -2.62. The molecule has 1 aromatic carbocycles. The number of hydrogen-bond acceptors (Lipinski definition) is 8. The lowest BCUT2D eigenvalue weighted by atomic mass is 10.0. The second kappa shape index (κ2) is 15.6. The van der Waals surface area contributed by atoms with Crippen LogP contribution in [0.25, 0.3) is 0 Å². The van der Waals surface area contributed by atoms with Gasteiger partial charge in [0.05, 0.1) is 12.5 Å². The number of carboxylic acid groups (broad SMARTS) is 3. The van der Waals surface area contributed by atoms with Gasteiger partial charge < -0.3 is 42.7 Å². The summed E-state index contributed by atoms with van der Waals surface area (Å²) in [5, 5.41) is 33.9. The smallest absolute Gasteiger partial charge is 0.326 e. The maximum Gasteiger partial charge on any atom is 0.326 e. The molecule has 0 spiro atoms. The molecule has 4 amide bonds. The predicted octanol–water partition coefficient (Wildman–Crippen LogP) is -2.30. The van der Waals surface area contributed by atoms with Crippen LogP contribution in [0, 0.1) is 0 Å². The van der Waals surface area contributed by atoms with E-state index in [0.717, 1.165) is 0 Å². The minimum Gasteiger partial charge on any atom is -0.481 e. The number of hydrogen-bond donors (Lipinski definition) is 8. The Kier molecular flexibility index (Phi) is 12.9. The van der Waals surface area contributed by atoms with Gasteiger partial charge >= 0.3 is 17.9 Å². The van der Waals surface area contributed by atoms with Gasteiger partial charge in [-0.3, -0.25) is 28.8 Å². The highest BCUT2D eigenvalue weighted by atomic mass is 16.4. The van der Waals surface area contributed by atoms with Crippen LogP contribution in [0.1, 0.15) is 37.7 Å². The van der Waals surface area contributed by atoms with E-state index in [1.807, 2.05) is 0 Å². The Morgan fingerprint density at radius 2 is 1.18 bits per heavy atom. The maximum atomic E-state index is 13.1. The summed E-state index contributed by atoms with van der Waals surface area (Å²) in [7, 11) is 0. The van der Waals surface area contributed by atoms with E-state index in [2.05, 4.69) is 16.0 Å². The SMILES string of the molecule is NC(=O)CC(N)C(=O)NC(Cc1ccccc1)C(=O)NC(CCC(=O)O)C(=O)NC(CCC(=O)O)C(=O)O. The first-order chi connectivity index (χ1) is 17.8. The third-order valence-corrected chi connectivity index (χ3v) is 5.21. The Bertz CT molecular complexity index is 1030. The molecule has 0 radical (unpaired) electrons. The fraction of sp³-hybridized carbons (Fsp3) is 0.435. The van der Waals surface area contributed by atoms with Crippen molar-refractivity contribution in [2.75, 3.05) is 0 Å². The molecule has 0 aromatic heterocycles. The third-order valence-electron chi connectivity index (χ3n) is 5.21. The molecule has 10 N–H and O–H groups in total. The van der Waals surface area contributed by atoms with Gasteiger partial charge in [-0.15, -0.1) is 0 Å². The molecule has 0 aliphatic heterocycles. The van der Waals surface area contributed by atoms with Gasteiger partial charge in [-0.1, -0.05) is 30.3 Å². The second-order valence-electron chi connectivity index (χ2n) is 8.35. The number of carbonyl (C=O) groups is 7. The molecule has 4 atom stereocenters. The van der Waals surface area contributed by atoms with Crippen molar-refractivity contribution < 1.29 is 48.9 Å². The Labute approximate surface area is 216 Å². The minimum absolute atomic E-state index is 0.0780. The van der Waals surface area contributed by atoms with Crippen molar-refractivity contribution in [3.8, 4) is 0 Å². The Morgan fingerprint density at radius 3 is 1.68 bits per heavy atom. The monoisotopic (exact) mass is 537 g/mol.